The Labute approximate surface area is 326 Å². The number of hydrogen-bond acceptors (Lipinski definition) is 12. The Morgan fingerprint density at radius 1 is 0.964 bits per heavy atom. The zero-order valence-corrected chi connectivity index (χ0v) is 32.4. The maximum Gasteiger partial charge on any atom is 0.407 e. The number of alkyl carbamates (subject to hydrolysis) is 1. The quantitative estimate of drug-likeness (QED) is 0.167. The first-order chi connectivity index (χ1) is 26.8. The van der Waals surface area contributed by atoms with Gasteiger partial charge in [0.05, 0.1) is 11.7 Å². The molecule has 6 rings (SSSR count). The molecule has 56 heavy (non-hydrogen) atoms. The van der Waals surface area contributed by atoms with Crippen molar-refractivity contribution < 1.29 is 29.0 Å². The van der Waals surface area contributed by atoms with Gasteiger partial charge in [-0.25, -0.2) is 19.8 Å². The molecule has 2 aromatic carbocycles. The molecule has 1 atom stereocenters. The van der Waals surface area contributed by atoms with E-state index in [0.29, 0.717) is 36.5 Å². The SMILES string of the molecule is CN1CCN(c2ccc(-c3ccc(C[C@H](N)C(=O)N(c4ccc(-c5nnn[nH]5)cc4)C(=O)[C@H]4CC[C@H](CNC(=O)OC(C)(C)C)CC4)cc3)cn2)CC1.O=CO. The molecule has 1 saturated carbocycles. The number of imide groups is 1. The first-order valence-electron chi connectivity index (χ1n) is 18.9. The second-order valence-electron chi connectivity index (χ2n) is 15.2. The summed E-state index contributed by atoms with van der Waals surface area (Å²) in [6.45, 7) is 9.65. The first-order valence-corrected chi connectivity index (χ1v) is 18.9. The van der Waals surface area contributed by atoms with E-state index in [4.69, 9.17) is 25.4 Å². The molecule has 1 saturated heterocycles. The van der Waals surface area contributed by atoms with Gasteiger partial charge in [-0.15, -0.1) is 5.10 Å². The fourth-order valence-corrected chi connectivity index (χ4v) is 6.87. The lowest BCUT2D eigenvalue weighted by atomic mass is 9.81. The minimum Gasteiger partial charge on any atom is -0.483 e. The third-order valence-corrected chi connectivity index (χ3v) is 9.95. The van der Waals surface area contributed by atoms with Crippen molar-refractivity contribution in [3.8, 4) is 22.5 Å². The molecule has 3 amide bonds. The molecule has 0 unspecified atom stereocenters. The molecular formula is C40H52N10O6. The minimum atomic E-state index is -0.957. The maximum absolute atomic E-state index is 14.2. The Morgan fingerprint density at radius 3 is 2.16 bits per heavy atom. The molecule has 1 aliphatic carbocycles. The van der Waals surface area contributed by atoms with Crippen LogP contribution in [0, 0.1) is 11.8 Å². The van der Waals surface area contributed by atoms with Gasteiger partial charge in [0.1, 0.15) is 11.4 Å². The number of carboxylic acid groups (broad SMARTS) is 1. The zero-order valence-electron chi connectivity index (χ0n) is 32.4. The number of pyridine rings is 1. The number of rotatable bonds is 10. The molecule has 1 aliphatic heterocycles. The highest BCUT2D eigenvalue weighted by Crippen LogP contribution is 2.32. The van der Waals surface area contributed by atoms with Crippen molar-refractivity contribution in [3.63, 3.8) is 0 Å². The molecule has 16 heteroatoms. The van der Waals surface area contributed by atoms with Crippen LogP contribution in [0.2, 0.25) is 0 Å². The smallest absolute Gasteiger partial charge is 0.407 e. The van der Waals surface area contributed by atoms with Gasteiger partial charge in [-0.1, -0.05) is 24.3 Å². The van der Waals surface area contributed by atoms with Crippen LogP contribution in [0.15, 0.2) is 66.9 Å². The number of aromatic amines is 1. The fraction of sp³-hybridized carbons (Fsp3) is 0.450. The van der Waals surface area contributed by atoms with E-state index in [1.54, 1.807) is 24.3 Å². The van der Waals surface area contributed by atoms with Crippen LogP contribution in [0.25, 0.3) is 22.5 Å². The standard InChI is InChI=1S/C39H50N10O4.CH2O2/c1-39(2,3)53-38(52)42-24-27-7-11-30(12-8-27)36(50)49(32-16-13-29(14-17-32)35-43-45-46-44-35)37(51)33(40)23-26-5-9-28(10-6-26)31-15-18-34(41-25-31)48-21-19-47(4)20-22-48;2-1-3/h5-6,9-10,13-18,25,27,30,33H,7-8,11-12,19-24,40H2,1-4H3,(H,42,52)(H,43,44,45,46);1H,(H,2,3)/t27-,30-,33-;/m0./s1. The van der Waals surface area contributed by atoms with Gasteiger partial charge in [-0.05, 0) is 124 Å². The predicted molar refractivity (Wildman–Crippen MR) is 212 cm³/mol. The number of anilines is 2. The lowest BCUT2D eigenvalue weighted by Gasteiger charge is -2.33. The number of benzene rings is 2. The number of aromatic nitrogens is 5. The number of nitrogens with two attached hydrogens (primary N) is 1. The molecule has 2 aromatic heterocycles. The van der Waals surface area contributed by atoms with Crippen molar-refractivity contribution in [1.29, 1.82) is 0 Å². The Kier molecular flexibility index (Phi) is 14.2. The number of ether oxygens (including phenoxy) is 1. The van der Waals surface area contributed by atoms with Gasteiger partial charge in [0.25, 0.3) is 12.4 Å². The fourth-order valence-electron chi connectivity index (χ4n) is 6.87. The van der Waals surface area contributed by atoms with Crippen LogP contribution in [0.4, 0.5) is 16.3 Å². The molecule has 298 valence electrons. The molecule has 0 radical (unpaired) electrons. The number of hydrogen-bond donors (Lipinski definition) is 4. The van der Waals surface area contributed by atoms with Crippen molar-refractivity contribution in [1.82, 2.24) is 35.8 Å². The van der Waals surface area contributed by atoms with Crippen LogP contribution in [0.3, 0.4) is 0 Å². The number of carbonyl (C=O) groups is 4. The summed E-state index contributed by atoms with van der Waals surface area (Å²) in [5, 5.41) is 23.7. The second-order valence-corrected chi connectivity index (χ2v) is 15.2. The van der Waals surface area contributed by atoms with E-state index < -0.39 is 23.6 Å². The number of nitrogens with zero attached hydrogens (tertiary/aromatic N) is 7. The summed E-state index contributed by atoms with van der Waals surface area (Å²) in [6, 6.07) is 18.1. The summed E-state index contributed by atoms with van der Waals surface area (Å²) in [7, 11) is 2.14. The van der Waals surface area contributed by atoms with Gasteiger partial charge in [0, 0.05) is 56.0 Å². The summed E-state index contributed by atoms with van der Waals surface area (Å²) in [6.07, 6.45) is 4.36. The highest BCUT2D eigenvalue weighted by molar-refractivity contribution is 6.17. The zero-order chi connectivity index (χ0) is 40.2. The normalized spacial score (nSPS) is 17.8. The molecule has 16 nitrogen and oxygen atoms in total. The summed E-state index contributed by atoms with van der Waals surface area (Å²) in [5.41, 5.74) is 10.1. The van der Waals surface area contributed by atoms with Crippen molar-refractivity contribution in [2.45, 2.75) is 64.5 Å². The average Bonchev–Trinajstić information content (AvgIpc) is 3.73. The van der Waals surface area contributed by atoms with Gasteiger partial charge >= 0.3 is 6.09 Å². The molecule has 2 aliphatic rings. The molecule has 4 aromatic rings. The lowest BCUT2D eigenvalue weighted by molar-refractivity contribution is -0.130. The van der Waals surface area contributed by atoms with Crippen molar-refractivity contribution in [3.05, 3.63) is 72.4 Å². The maximum atomic E-state index is 14.2. The van der Waals surface area contributed by atoms with Crippen LogP contribution < -0.4 is 20.9 Å². The number of piperazine rings is 1. The van der Waals surface area contributed by atoms with Gasteiger partial charge in [-0.2, -0.15) is 0 Å². The third kappa shape index (κ3) is 11.4. The van der Waals surface area contributed by atoms with Crippen LogP contribution in [0.5, 0.6) is 0 Å². The number of nitrogens with one attached hydrogen (secondary N) is 2. The molecule has 5 N–H and O–H groups in total. The Morgan fingerprint density at radius 2 is 1.59 bits per heavy atom. The van der Waals surface area contributed by atoms with Gasteiger partial charge < -0.3 is 30.7 Å². The highest BCUT2D eigenvalue weighted by atomic mass is 16.6. The molecular weight excluding hydrogens is 717 g/mol. The van der Waals surface area contributed by atoms with Crippen LogP contribution in [-0.4, -0.2) is 111 Å². The Bertz CT molecular complexity index is 1870. The molecule has 0 spiro atoms. The third-order valence-electron chi connectivity index (χ3n) is 9.95. The van der Waals surface area contributed by atoms with Gasteiger partial charge in [0.15, 0.2) is 5.82 Å². The number of H-pyrrole nitrogens is 1. The van der Waals surface area contributed by atoms with Gasteiger partial charge in [-0.3, -0.25) is 14.4 Å². The van der Waals surface area contributed by atoms with E-state index in [2.05, 4.69) is 54.9 Å². The molecule has 2 fully saturated rings. The Balaban J connectivity index is 0.00000194. The number of carbonyl (C=O) groups excluding carboxylic acids is 3. The van der Waals surface area contributed by atoms with E-state index >= 15 is 0 Å². The van der Waals surface area contributed by atoms with E-state index in [-0.39, 0.29) is 30.6 Å². The highest BCUT2D eigenvalue weighted by Gasteiger charge is 2.35. The van der Waals surface area contributed by atoms with Crippen molar-refractivity contribution in [2.75, 3.05) is 49.6 Å². The first kappa shape index (κ1) is 41.4. The monoisotopic (exact) mass is 768 g/mol. The van der Waals surface area contributed by atoms with Crippen LogP contribution in [0.1, 0.15) is 52.0 Å². The lowest BCUT2D eigenvalue weighted by Crippen LogP contribution is -2.50. The van der Waals surface area contributed by atoms with E-state index in [1.807, 2.05) is 51.2 Å². The summed E-state index contributed by atoms with van der Waals surface area (Å²) < 4.78 is 5.37. The van der Waals surface area contributed by atoms with Crippen LogP contribution in [-0.2, 0) is 25.5 Å². The summed E-state index contributed by atoms with van der Waals surface area (Å²) in [5.74, 6) is 0.557. The van der Waals surface area contributed by atoms with E-state index in [9.17, 15) is 14.4 Å². The molecule has 0 bridgehead atoms. The largest absolute Gasteiger partial charge is 0.483 e. The van der Waals surface area contributed by atoms with E-state index in [1.165, 1.54) is 4.90 Å². The minimum absolute atomic E-state index is 0.210. The second kappa shape index (κ2) is 19.2. The number of likely N-dealkylation sites (N-methyl/N-ethyl adjacent to an activating group) is 1. The molecule has 3 heterocycles. The van der Waals surface area contributed by atoms with Crippen molar-refractivity contribution in [2.24, 2.45) is 17.6 Å². The van der Waals surface area contributed by atoms with Crippen LogP contribution >= 0.6 is 0 Å². The summed E-state index contributed by atoms with van der Waals surface area (Å²) >= 11 is 0. The number of amides is 3. The van der Waals surface area contributed by atoms with E-state index in [0.717, 1.165) is 61.5 Å². The number of tetrazole rings is 1. The van der Waals surface area contributed by atoms with Crippen molar-refractivity contribution >= 4 is 35.9 Å². The Hall–Kier alpha value is -5.74. The van der Waals surface area contributed by atoms with Gasteiger partial charge in [0.2, 0.25) is 5.91 Å². The summed E-state index contributed by atoms with van der Waals surface area (Å²) in [4.78, 5) is 59.5. The predicted octanol–water partition coefficient (Wildman–Crippen LogP) is 4.14. The average molecular weight is 769 g/mol. The topological polar surface area (TPSA) is 213 Å².